The van der Waals surface area contributed by atoms with Gasteiger partial charge in [0, 0.05) is 12.2 Å². The highest BCUT2D eigenvalue weighted by Gasteiger charge is 2.16. The van der Waals surface area contributed by atoms with E-state index in [0.717, 1.165) is 12.1 Å². The van der Waals surface area contributed by atoms with E-state index in [1.165, 1.54) is 0 Å². The number of hydrogen-bond donors (Lipinski definition) is 3. The molecule has 6 heteroatoms. The summed E-state index contributed by atoms with van der Waals surface area (Å²) in [6.07, 6.45) is 3.09. The van der Waals surface area contributed by atoms with Gasteiger partial charge in [0.15, 0.2) is 0 Å². The van der Waals surface area contributed by atoms with Crippen molar-refractivity contribution in [3.8, 4) is 0 Å². The normalized spacial score (nSPS) is 12.4. The van der Waals surface area contributed by atoms with Gasteiger partial charge >= 0.3 is 0 Å². The fraction of sp³-hybridized carbons (Fsp3) is 0.667. The summed E-state index contributed by atoms with van der Waals surface area (Å²) in [5, 5.41) is 16.0. The molecule has 0 fully saturated rings. The third-order valence-electron chi connectivity index (χ3n) is 2.97. The van der Waals surface area contributed by atoms with Crippen molar-refractivity contribution in [1.29, 1.82) is 0 Å². The summed E-state index contributed by atoms with van der Waals surface area (Å²) < 4.78 is 1.78. The zero-order valence-corrected chi connectivity index (χ0v) is 11.0. The third kappa shape index (κ3) is 3.54. The Balaban J connectivity index is 2.71. The molecule has 1 heterocycles. The summed E-state index contributed by atoms with van der Waals surface area (Å²) in [6, 6.07) is -0.204. The maximum atomic E-state index is 12.0. The standard InChI is InChI=1S/C12H22N4O2/c1-3-10(8-17)15-12(18)11-7-14-16(9(11)2)6-4-5-13/h7,10,17H,3-6,8,13H2,1-2H3,(H,15,18)/t10-/m0/s1. The van der Waals surface area contributed by atoms with Gasteiger partial charge in [-0.1, -0.05) is 6.92 Å². The van der Waals surface area contributed by atoms with Crippen molar-refractivity contribution in [3.63, 3.8) is 0 Å². The van der Waals surface area contributed by atoms with Crippen molar-refractivity contribution in [2.24, 2.45) is 5.73 Å². The second-order valence-electron chi connectivity index (χ2n) is 4.27. The molecule has 4 N–H and O–H groups in total. The molecule has 1 atom stereocenters. The Kier molecular flexibility index (Phi) is 5.80. The Morgan fingerprint density at radius 1 is 1.67 bits per heavy atom. The minimum absolute atomic E-state index is 0.0530. The lowest BCUT2D eigenvalue weighted by molar-refractivity contribution is 0.0914. The number of amides is 1. The highest BCUT2D eigenvalue weighted by atomic mass is 16.3. The molecule has 0 unspecified atom stereocenters. The zero-order valence-electron chi connectivity index (χ0n) is 11.0. The van der Waals surface area contributed by atoms with Crippen molar-refractivity contribution < 1.29 is 9.90 Å². The Morgan fingerprint density at radius 3 is 2.94 bits per heavy atom. The van der Waals surface area contributed by atoms with Gasteiger partial charge in [0.1, 0.15) is 0 Å². The van der Waals surface area contributed by atoms with Crippen molar-refractivity contribution in [2.45, 2.75) is 39.3 Å². The molecule has 18 heavy (non-hydrogen) atoms. The van der Waals surface area contributed by atoms with Gasteiger partial charge in [-0.25, -0.2) is 0 Å². The van der Waals surface area contributed by atoms with Crippen LogP contribution in [0.4, 0.5) is 0 Å². The first-order valence-corrected chi connectivity index (χ1v) is 6.28. The van der Waals surface area contributed by atoms with Gasteiger partial charge < -0.3 is 16.2 Å². The van der Waals surface area contributed by atoms with Crippen molar-refractivity contribution in [1.82, 2.24) is 15.1 Å². The molecule has 0 bridgehead atoms. The summed E-state index contributed by atoms with van der Waals surface area (Å²) in [5.41, 5.74) is 6.83. The highest BCUT2D eigenvalue weighted by molar-refractivity contribution is 5.95. The maximum absolute atomic E-state index is 12.0. The molecule has 1 aromatic rings. The molecular weight excluding hydrogens is 232 g/mol. The van der Waals surface area contributed by atoms with Gasteiger partial charge in [0.25, 0.3) is 5.91 Å². The van der Waals surface area contributed by atoms with Crippen molar-refractivity contribution in [3.05, 3.63) is 17.5 Å². The minimum atomic E-state index is -0.204. The molecule has 0 aliphatic heterocycles. The monoisotopic (exact) mass is 254 g/mol. The number of nitrogens with two attached hydrogens (primary N) is 1. The highest BCUT2D eigenvalue weighted by Crippen LogP contribution is 2.08. The average molecular weight is 254 g/mol. The number of nitrogens with zero attached hydrogens (tertiary/aromatic N) is 2. The minimum Gasteiger partial charge on any atom is -0.394 e. The van der Waals surface area contributed by atoms with Gasteiger partial charge in [-0.2, -0.15) is 5.10 Å². The maximum Gasteiger partial charge on any atom is 0.255 e. The van der Waals surface area contributed by atoms with E-state index in [9.17, 15) is 4.79 Å². The Bertz CT molecular complexity index is 385. The van der Waals surface area contributed by atoms with Crippen LogP contribution in [0, 0.1) is 6.92 Å². The van der Waals surface area contributed by atoms with Crippen LogP contribution in [0.3, 0.4) is 0 Å². The van der Waals surface area contributed by atoms with E-state index < -0.39 is 0 Å². The van der Waals surface area contributed by atoms with Crippen LogP contribution in [0.2, 0.25) is 0 Å². The first-order chi connectivity index (χ1) is 8.63. The number of hydrogen-bond acceptors (Lipinski definition) is 4. The van der Waals surface area contributed by atoms with Crippen LogP contribution >= 0.6 is 0 Å². The molecule has 0 aliphatic rings. The Hall–Kier alpha value is -1.40. The quantitative estimate of drug-likeness (QED) is 0.640. The number of carbonyl (C=O) groups is 1. The largest absolute Gasteiger partial charge is 0.394 e. The smallest absolute Gasteiger partial charge is 0.255 e. The predicted molar refractivity (Wildman–Crippen MR) is 69.3 cm³/mol. The van der Waals surface area contributed by atoms with E-state index in [1.807, 2.05) is 13.8 Å². The van der Waals surface area contributed by atoms with Gasteiger partial charge in [-0.05, 0) is 26.3 Å². The molecule has 6 nitrogen and oxygen atoms in total. The van der Waals surface area contributed by atoms with Crippen LogP contribution in [-0.4, -0.2) is 40.0 Å². The number of rotatable bonds is 7. The second-order valence-corrected chi connectivity index (χ2v) is 4.27. The van der Waals surface area contributed by atoms with E-state index in [2.05, 4.69) is 10.4 Å². The number of aliphatic hydroxyl groups excluding tert-OH is 1. The summed E-state index contributed by atoms with van der Waals surface area (Å²) in [4.78, 5) is 12.0. The molecular formula is C12H22N4O2. The Morgan fingerprint density at radius 2 is 2.39 bits per heavy atom. The zero-order chi connectivity index (χ0) is 13.5. The van der Waals surface area contributed by atoms with Crippen LogP contribution in [-0.2, 0) is 6.54 Å². The number of carbonyl (C=O) groups excluding carboxylic acids is 1. The molecule has 1 aromatic heterocycles. The molecule has 0 aliphatic carbocycles. The Labute approximate surface area is 107 Å². The number of aryl methyl sites for hydroxylation is 1. The molecule has 0 aromatic carbocycles. The molecule has 1 rings (SSSR count). The topological polar surface area (TPSA) is 93.2 Å². The van der Waals surface area contributed by atoms with E-state index in [1.54, 1.807) is 10.9 Å². The summed E-state index contributed by atoms with van der Waals surface area (Å²) in [7, 11) is 0. The first-order valence-electron chi connectivity index (χ1n) is 6.28. The van der Waals surface area contributed by atoms with Crippen molar-refractivity contribution >= 4 is 5.91 Å². The van der Waals surface area contributed by atoms with Crippen LogP contribution in [0.25, 0.3) is 0 Å². The summed E-state index contributed by atoms with van der Waals surface area (Å²) in [6.45, 7) is 5.04. The van der Waals surface area contributed by atoms with E-state index >= 15 is 0 Å². The van der Waals surface area contributed by atoms with Crippen LogP contribution in [0.5, 0.6) is 0 Å². The molecule has 0 radical (unpaired) electrons. The molecule has 102 valence electrons. The lowest BCUT2D eigenvalue weighted by atomic mass is 10.2. The molecule has 0 saturated carbocycles. The number of aromatic nitrogens is 2. The molecule has 0 spiro atoms. The number of nitrogens with one attached hydrogen (secondary N) is 1. The average Bonchev–Trinajstić information content (AvgIpc) is 2.74. The van der Waals surface area contributed by atoms with E-state index in [4.69, 9.17) is 10.8 Å². The van der Waals surface area contributed by atoms with Crippen LogP contribution in [0.1, 0.15) is 35.8 Å². The lowest BCUT2D eigenvalue weighted by Crippen LogP contribution is -2.37. The number of aliphatic hydroxyl groups is 1. The van der Waals surface area contributed by atoms with Gasteiger partial charge in [-0.15, -0.1) is 0 Å². The third-order valence-corrected chi connectivity index (χ3v) is 2.97. The fourth-order valence-corrected chi connectivity index (χ4v) is 1.68. The summed E-state index contributed by atoms with van der Waals surface area (Å²) >= 11 is 0. The lowest BCUT2D eigenvalue weighted by Gasteiger charge is -2.13. The van der Waals surface area contributed by atoms with E-state index in [-0.39, 0.29) is 18.6 Å². The first kappa shape index (κ1) is 14.7. The van der Waals surface area contributed by atoms with Crippen LogP contribution < -0.4 is 11.1 Å². The van der Waals surface area contributed by atoms with Gasteiger partial charge in [0.05, 0.1) is 24.4 Å². The van der Waals surface area contributed by atoms with Crippen molar-refractivity contribution in [2.75, 3.05) is 13.2 Å². The predicted octanol–water partition coefficient (Wildman–Crippen LogP) is 0.0410. The molecule has 1 amide bonds. The van der Waals surface area contributed by atoms with E-state index in [0.29, 0.717) is 25.1 Å². The second kappa shape index (κ2) is 7.13. The van der Waals surface area contributed by atoms with Gasteiger partial charge in [0.2, 0.25) is 0 Å². The fourth-order valence-electron chi connectivity index (χ4n) is 1.68. The molecule has 0 saturated heterocycles. The SMILES string of the molecule is CC[C@@H](CO)NC(=O)c1cnn(CCCN)c1C. The van der Waals surface area contributed by atoms with Gasteiger partial charge in [-0.3, -0.25) is 9.48 Å². The van der Waals surface area contributed by atoms with Crippen LogP contribution in [0.15, 0.2) is 6.20 Å². The summed E-state index contributed by atoms with van der Waals surface area (Å²) in [5.74, 6) is -0.188.